The van der Waals surface area contributed by atoms with E-state index < -0.39 is 0 Å². The predicted octanol–water partition coefficient (Wildman–Crippen LogP) is 4.38. The molecule has 2 N–H and O–H groups in total. The maximum absolute atomic E-state index is 6.43. The molecule has 1 aromatic rings. The lowest BCUT2D eigenvalue weighted by Crippen LogP contribution is -2.25. The Kier molecular flexibility index (Phi) is 4.42. The van der Waals surface area contributed by atoms with Gasteiger partial charge in [-0.3, -0.25) is 0 Å². The van der Waals surface area contributed by atoms with Gasteiger partial charge in [0.05, 0.1) is 10.7 Å². The predicted molar refractivity (Wildman–Crippen MR) is 83.9 cm³/mol. The van der Waals surface area contributed by atoms with Crippen LogP contribution in [0.1, 0.15) is 51.6 Å². The molecule has 1 saturated heterocycles. The average Bonchev–Trinajstić information content (AvgIpc) is 2.50. The van der Waals surface area contributed by atoms with Crippen LogP contribution >= 0.6 is 11.6 Å². The van der Waals surface area contributed by atoms with E-state index >= 15 is 0 Å². The average molecular weight is 281 g/mol. The fourth-order valence-electron chi connectivity index (χ4n) is 2.73. The van der Waals surface area contributed by atoms with E-state index in [1.54, 1.807) is 0 Å². The standard InChI is InChI=1S/C16H25ClN2/c1-12(18)13-5-6-15(14(17)11-13)19-9-4-7-16(2,3)8-10-19/h5-6,11-12H,4,7-10,18H2,1-3H3. The Morgan fingerprint density at radius 1 is 1.26 bits per heavy atom. The maximum Gasteiger partial charge on any atom is 0.0642 e. The van der Waals surface area contributed by atoms with Crippen molar-refractivity contribution < 1.29 is 0 Å². The van der Waals surface area contributed by atoms with Crippen LogP contribution in [0.15, 0.2) is 18.2 Å². The number of benzene rings is 1. The van der Waals surface area contributed by atoms with Crippen LogP contribution in [0.5, 0.6) is 0 Å². The highest BCUT2D eigenvalue weighted by atomic mass is 35.5. The Hall–Kier alpha value is -0.730. The van der Waals surface area contributed by atoms with Gasteiger partial charge in [-0.05, 0) is 49.3 Å². The zero-order chi connectivity index (χ0) is 14.0. The monoisotopic (exact) mass is 280 g/mol. The summed E-state index contributed by atoms with van der Waals surface area (Å²) in [5.41, 5.74) is 8.61. The van der Waals surface area contributed by atoms with Gasteiger partial charge in [0.1, 0.15) is 0 Å². The molecular formula is C16H25ClN2. The maximum atomic E-state index is 6.43. The molecule has 1 atom stereocenters. The Morgan fingerprint density at radius 3 is 2.63 bits per heavy atom. The summed E-state index contributed by atoms with van der Waals surface area (Å²) >= 11 is 6.43. The number of halogens is 1. The van der Waals surface area contributed by atoms with Crippen molar-refractivity contribution in [3.8, 4) is 0 Å². The molecule has 1 heterocycles. The third-order valence-corrected chi connectivity index (χ3v) is 4.48. The largest absolute Gasteiger partial charge is 0.370 e. The second-order valence-corrected chi connectivity index (χ2v) is 6.91. The first kappa shape index (κ1) is 14.7. The molecule has 1 aliphatic rings. The highest BCUT2D eigenvalue weighted by Crippen LogP contribution is 2.34. The zero-order valence-electron chi connectivity index (χ0n) is 12.2. The summed E-state index contributed by atoms with van der Waals surface area (Å²) in [4.78, 5) is 2.42. The smallest absolute Gasteiger partial charge is 0.0642 e. The minimum Gasteiger partial charge on any atom is -0.370 e. The third kappa shape index (κ3) is 3.64. The Bertz CT molecular complexity index is 440. The summed E-state index contributed by atoms with van der Waals surface area (Å²) in [6, 6.07) is 6.27. The van der Waals surface area contributed by atoms with Gasteiger partial charge < -0.3 is 10.6 Å². The Labute approximate surface area is 121 Å². The Morgan fingerprint density at radius 2 is 2.00 bits per heavy atom. The van der Waals surface area contributed by atoms with E-state index in [2.05, 4.69) is 30.9 Å². The van der Waals surface area contributed by atoms with Crippen molar-refractivity contribution in [3.63, 3.8) is 0 Å². The molecule has 0 spiro atoms. The van der Waals surface area contributed by atoms with Crippen LogP contribution in [0, 0.1) is 5.41 Å². The first-order valence-electron chi connectivity index (χ1n) is 7.19. The normalized spacial score (nSPS) is 21.0. The molecule has 0 aliphatic carbocycles. The SMILES string of the molecule is CC(N)c1ccc(N2CCCC(C)(C)CC2)c(Cl)c1. The molecular weight excluding hydrogens is 256 g/mol. The van der Waals surface area contributed by atoms with E-state index in [1.807, 2.05) is 13.0 Å². The van der Waals surface area contributed by atoms with Crippen molar-refractivity contribution in [3.05, 3.63) is 28.8 Å². The van der Waals surface area contributed by atoms with Gasteiger partial charge in [-0.15, -0.1) is 0 Å². The number of nitrogens with zero attached hydrogens (tertiary/aromatic N) is 1. The molecule has 1 fully saturated rings. The van der Waals surface area contributed by atoms with Gasteiger partial charge in [0.2, 0.25) is 0 Å². The van der Waals surface area contributed by atoms with E-state index in [0.29, 0.717) is 5.41 Å². The molecule has 0 bridgehead atoms. The van der Waals surface area contributed by atoms with Gasteiger partial charge in [-0.2, -0.15) is 0 Å². The van der Waals surface area contributed by atoms with Crippen LogP contribution in [0.4, 0.5) is 5.69 Å². The van der Waals surface area contributed by atoms with Crippen molar-refractivity contribution in [1.82, 2.24) is 0 Å². The minimum atomic E-state index is 0.0367. The summed E-state index contributed by atoms with van der Waals surface area (Å²) in [5.74, 6) is 0. The van der Waals surface area contributed by atoms with Crippen molar-refractivity contribution in [1.29, 1.82) is 0 Å². The van der Waals surface area contributed by atoms with Gasteiger partial charge in [0.15, 0.2) is 0 Å². The van der Waals surface area contributed by atoms with E-state index in [1.165, 1.54) is 19.3 Å². The van der Waals surface area contributed by atoms with E-state index in [9.17, 15) is 0 Å². The number of rotatable bonds is 2. The summed E-state index contributed by atoms with van der Waals surface area (Å²) in [6.07, 6.45) is 3.75. The number of anilines is 1. The van der Waals surface area contributed by atoms with Gasteiger partial charge in [0, 0.05) is 19.1 Å². The fourth-order valence-corrected chi connectivity index (χ4v) is 3.04. The second kappa shape index (κ2) is 5.72. The van der Waals surface area contributed by atoms with Crippen molar-refractivity contribution in [2.24, 2.45) is 11.1 Å². The Balaban J connectivity index is 2.18. The van der Waals surface area contributed by atoms with Crippen LogP contribution in [0.2, 0.25) is 5.02 Å². The molecule has 1 unspecified atom stereocenters. The van der Waals surface area contributed by atoms with Gasteiger partial charge in [0.25, 0.3) is 0 Å². The molecule has 1 aromatic carbocycles. The number of hydrogen-bond acceptors (Lipinski definition) is 2. The molecule has 0 aromatic heterocycles. The summed E-state index contributed by atoms with van der Waals surface area (Å²) < 4.78 is 0. The molecule has 0 amide bonds. The molecule has 2 nitrogen and oxygen atoms in total. The minimum absolute atomic E-state index is 0.0367. The highest BCUT2D eigenvalue weighted by Gasteiger charge is 2.24. The zero-order valence-corrected chi connectivity index (χ0v) is 13.0. The van der Waals surface area contributed by atoms with Crippen LogP contribution < -0.4 is 10.6 Å². The summed E-state index contributed by atoms with van der Waals surface area (Å²) in [6.45, 7) is 8.89. The quantitative estimate of drug-likeness (QED) is 0.871. The molecule has 106 valence electrons. The van der Waals surface area contributed by atoms with Crippen molar-refractivity contribution in [2.75, 3.05) is 18.0 Å². The first-order chi connectivity index (χ1) is 8.89. The molecule has 0 radical (unpaired) electrons. The topological polar surface area (TPSA) is 29.3 Å². The van der Waals surface area contributed by atoms with Crippen LogP contribution in [-0.4, -0.2) is 13.1 Å². The number of nitrogens with two attached hydrogens (primary N) is 1. The van der Waals surface area contributed by atoms with Crippen LogP contribution in [-0.2, 0) is 0 Å². The van der Waals surface area contributed by atoms with E-state index in [0.717, 1.165) is 29.4 Å². The van der Waals surface area contributed by atoms with Gasteiger partial charge in [-0.1, -0.05) is 31.5 Å². The van der Waals surface area contributed by atoms with Crippen molar-refractivity contribution in [2.45, 2.75) is 46.1 Å². The molecule has 1 aliphatic heterocycles. The molecule has 19 heavy (non-hydrogen) atoms. The third-order valence-electron chi connectivity index (χ3n) is 4.18. The highest BCUT2D eigenvalue weighted by molar-refractivity contribution is 6.33. The lowest BCUT2D eigenvalue weighted by Gasteiger charge is -2.26. The molecule has 0 saturated carbocycles. The van der Waals surface area contributed by atoms with E-state index in [4.69, 9.17) is 17.3 Å². The van der Waals surface area contributed by atoms with Crippen molar-refractivity contribution >= 4 is 17.3 Å². The lowest BCUT2D eigenvalue weighted by atomic mass is 9.85. The summed E-state index contributed by atoms with van der Waals surface area (Å²) in [7, 11) is 0. The lowest BCUT2D eigenvalue weighted by molar-refractivity contribution is 0.325. The molecule has 2 rings (SSSR count). The van der Waals surface area contributed by atoms with Gasteiger partial charge in [-0.25, -0.2) is 0 Å². The van der Waals surface area contributed by atoms with Crippen LogP contribution in [0.25, 0.3) is 0 Å². The van der Waals surface area contributed by atoms with E-state index in [-0.39, 0.29) is 6.04 Å². The molecule has 3 heteroatoms. The van der Waals surface area contributed by atoms with Crippen LogP contribution in [0.3, 0.4) is 0 Å². The van der Waals surface area contributed by atoms with Gasteiger partial charge >= 0.3 is 0 Å². The first-order valence-corrected chi connectivity index (χ1v) is 7.57. The summed E-state index contributed by atoms with van der Waals surface area (Å²) in [5, 5.41) is 0.828. The number of hydrogen-bond donors (Lipinski definition) is 1. The fraction of sp³-hybridized carbons (Fsp3) is 0.625. The second-order valence-electron chi connectivity index (χ2n) is 6.50.